The molecule has 5 nitrogen and oxygen atoms in total. The Labute approximate surface area is 108 Å². The van der Waals surface area contributed by atoms with E-state index in [1.165, 1.54) is 0 Å². The Kier molecular flexibility index (Phi) is 6.00. The quantitative estimate of drug-likeness (QED) is 0.502. The van der Waals surface area contributed by atoms with Gasteiger partial charge in [-0.25, -0.2) is 0 Å². The lowest BCUT2D eigenvalue weighted by Gasteiger charge is -2.11. The summed E-state index contributed by atoms with van der Waals surface area (Å²) in [6, 6.07) is 5.80. The summed E-state index contributed by atoms with van der Waals surface area (Å²) in [5.41, 5.74) is 8.56. The molecule has 0 aliphatic carbocycles. The number of ether oxygens (including phenoxy) is 1. The summed E-state index contributed by atoms with van der Waals surface area (Å²) < 4.78 is 4.85. The van der Waals surface area contributed by atoms with Gasteiger partial charge in [0, 0.05) is 26.6 Å². The maximum absolute atomic E-state index is 11.4. The highest BCUT2D eigenvalue weighted by atomic mass is 16.5. The number of hydrogen-bond acceptors (Lipinski definition) is 4. The number of benzene rings is 1. The van der Waals surface area contributed by atoms with Gasteiger partial charge in [-0.1, -0.05) is 12.1 Å². The predicted octanol–water partition coefficient (Wildman–Crippen LogP) is 1.14. The first-order valence-electron chi connectivity index (χ1n) is 5.99. The van der Waals surface area contributed by atoms with E-state index in [2.05, 4.69) is 10.6 Å². The molecular weight excluding hydrogens is 230 g/mol. The zero-order valence-electron chi connectivity index (χ0n) is 11.0. The minimum atomic E-state index is 0.00535. The Hall–Kier alpha value is -1.75. The fourth-order valence-electron chi connectivity index (χ4n) is 1.53. The third-order valence-electron chi connectivity index (χ3n) is 2.62. The molecule has 0 atom stereocenters. The van der Waals surface area contributed by atoms with Crippen LogP contribution in [0.4, 0.5) is 11.4 Å². The normalized spacial score (nSPS) is 10.1. The second-order valence-corrected chi connectivity index (χ2v) is 4.06. The summed E-state index contributed by atoms with van der Waals surface area (Å²) >= 11 is 0. The first kappa shape index (κ1) is 14.3. The molecular formula is C13H21N3O2. The second kappa shape index (κ2) is 7.55. The molecule has 0 aliphatic heterocycles. The molecule has 0 saturated heterocycles. The molecule has 5 heteroatoms. The summed E-state index contributed by atoms with van der Waals surface area (Å²) in [4.78, 5) is 11.4. The van der Waals surface area contributed by atoms with E-state index in [-0.39, 0.29) is 5.91 Å². The number of nitrogen functional groups attached to an aromatic ring is 1. The van der Waals surface area contributed by atoms with Gasteiger partial charge < -0.3 is 21.1 Å². The van der Waals surface area contributed by atoms with Crippen LogP contribution in [0.1, 0.15) is 12.0 Å². The lowest BCUT2D eigenvalue weighted by molar-refractivity contribution is -0.121. The summed E-state index contributed by atoms with van der Waals surface area (Å²) in [6.45, 7) is 3.59. The molecule has 4 N–H and O–H groups in total. The monoisotopic (exact) mass is 251 g/mol. The van der Waals surface area contributed by atoms with Crippen molar-refractivity contribution in [2.75, 3.05) is 37.9 Å². The summed E-state index contributed by atoms with van der Waals surface area (Å²) in [7, 11) is 1.61. The molecule has 0 unspecified atom stereocenters. The van der Waals surface area contributed by atoms with Gasteiger partial charge in [-0.2, -0.15) is 0 Å². The average molecular weight is 251 g/mol. The highest BCUT2D eigenvalue weighted by Crippen LogP contribution is 2.21. The second-order valence-electron chi connectivity index (χ2n) is 4.06. The average Bonchev–Trinajstić information content (AvgIpc) is 2.35. The maximum atomic E-state index is 11.4. The van der Waals surface area contributed by atoms with Gasteiger partial charge >= 0.3 is 0 Å². The smallest absolute Gasteiger partial charge is 0.221 e. The zero-order chi connectivity index (χ0) is 13.4. The lowest BCUT2D eigenvalue weighted by atomic mass is 10.1. The van der Waals surface area contributed by atoms with E-state index in [9.17, 15) is 4.79 Å². The van der Waals surface area contributed by atoms with Crippen molar-refractivity contribution in [2.24, 2.45) is 0 Å². The third-order valence-corrected chi connectivity index (χ3v) is 2.62. The van der Waals surface area contributed by atoms with Crippen molar-refractivity contribution < 1.29 is 9.53 Å². The van der Waals surface area contributed by atoms with Crippen molar-refractivity contribution in [3.63, 3.8) is 0 Å². The van der Waals surface area contributed by atoms with Gasteiger partial charge in [0.2, 0.25) is 5.91 Å². The van der Waals surface area contributed by atoms with E-state index in [1.54, 1.807) is 7.11 Å². The molecule has 0 radical (unpaired) electrons. The molecule has 1 aromatic carbocycles. The van der Waals surface area contributed by atoms with Crippen molar-refractivity contribution in [1.29, 1.82) is 0 Å². The van der Waals surface area contributed by atoms with Crippen LogP contribution in [-0.2, 0) is 9.53 Å². The number of para-hydroxylation sites is 1. The minimum absolute atomic E-state index is 0.00535. The van der Waals surface area contributed by atoms with Crippen LogP contribution in [0.15, 0.2) is 18.2 Å². The van der Waals surface area contributed by atoms with Crippen LogP contribution in [0.2, 0.25) is 0 Å². The van der Waals surface area contributed by atoms with Crippen molar-refractivity contribution >= 4 is 17.3 Å². The predicted molar refractivity (Wildman–Crippen MR) is 73.6 cm³/mol. The van der Waals surface area contributed by atoms with Crippen LogP contribution >= 0.6 is 0 Å². The standard InChI is InChI=1S/C13H21N3O2/c1-10-4-3-5-11(13(10)14)15-7-6-12(17)16-8-9-18-2/h3-5,15H,6-9,14H2,1-2H3,(H,16,17). The van der Waals surface area contributed by atoms with E-state index in [1.807, 2.05) is 25.1 Å². The van der Waals surface area contributed by atoms with Gasteiger partial charge in [-0.15, -0.1) is 0 Å². The van der Waals surface area contributed by atoms with Gasteiger partial charge in [0.15, 0.2) is 0 Å². The van der Waals surface area contributed by atoms with Crippen molar-refractivity contribution in [2.45, 2.75) is 13.3 Å². The number of carbonyl (C=O) groups is 1. The number of amides is 1. The van der Waals surface area contributed by atoms with Gasteiger partial charge in [0.1, 0.15) is 0 Å². The third kappa shape index (κ3) is 4.63. The maximum Gasteiger partial charge on any atom is 0.221 e. The fraction of sp³-hybridized carbons (Fsp3) is 0.462. The first-order valence-corrected chi connectivity index (χ1v) is 5.99. The van der Waals surface area contributed by atoms with Crippen LogP contribution in [0.3, 0.4) is 0 Å². The Morgan fingerprint density at radius 2 is 2.17 bits per heavy atom. The van der Waals surface area contributed by atoms with Crippen molar-refractivity contribution in [3.8, 4) is 0 Å². The van der Waals surface area contributed by atoms with Gasteiger partial charge in [-0.05, 0) is 18.6 Å². The molecule has 0 heterocycles. The van der Waals surface area contributed by atoms with E-state index in [0.717, 1.165) is 16.9 Å². The summed E-state index contributed by atoms with van der Waals surface area (Å²) in [5, 5.41) is 5.92. The van der Waals surface area contributed by atoms with Crippen LogP contribution < -0.4 is 16.4 Å². The highest BCUT2D eigenvalue weighted by molar-refractivity contribution is 5.77. The number of carbonyl (C=O) groups excluding carboxylic acids is 1. The SMILES string of the molecule is COCCNC(=O)CCNc1cccc(C)c1N. The molecule has 100 valence electrons. The molecule has 0 fully saturated rings. The molecule has 0 aliphatic rings. The number of rotatable bonds is 7. The van der Waals surface area contributed by atoms with Crippen LogP contribution in [0.5, 0.6) is 0 Å². The van der Waals surface area contributed by atoms with Crippen LogP contribution in [0, 0.1) is 6.92 Å². The Bertz CT molecular complexity index is 394. The molecule has 1 aromatic rings. The van der Waals surface area contributed by atoms with Gasteiger partial charge in [-0.3, -0.25) is 4.79 Å². The van der Waals surface area contributed by atoms with Gasteiger partial charge in [0.25, 0.3) is 0 Å². The Morgan fingerprint density at radius 1 is 1.39 bits per heavy atom. The fourth-order valence-corrected chi connectivity index (χ4v) is 1.53. The molecule has 1 rings (SSSR count). The number of methoxy groups -OCH3 is 1. The van der Waals surface area contributed by atoms with E-state index < -0.39 is 0 Å². The van der Waals surface area contributed by atoms with E-state index in [4.69, 9.17) is 10.5 Å². The summed E-state index contributed by atoms with van der Waals surface area (Å²) in [5.74, 6) is 0.00535. The number of nitrogens with one attached hydrogen (secondary N) is 2. The van der Waals surface area contributed by atoms with Crippen LogP contribution in [-0.4, -0.2) is 32.7 Å². The Morgan fingerprint density at radius 3 is 2.89 bits per heavy atom. The molecule has 18 heavy (non-hydrogen) atoms. The van der Waals surface area contributed by atoms with Crippen molar-refractivity contribution in [1.82, 2.24) is 5.32 Å². The first-order chi connectivity index (χ1) is 8.65. The number of anilines is 2. The van der Waals surface area contributed by atoms with E-state index >= 15 is 0 Å². The minimum Gasteiger partial charge on any atom is -0.397 e. The zero-order valence-corrected chi connectivity index (χ0v) is 11.0. The largest absolute Gasteiger partial charge is 0.397 e. The number of aryl methyl sites for hydroxylation is 1. The summed E-state index contributed by atoms with van der Waals surface area (Å²) in [6.07, 6.45) is 0.414. The molecule has 0 aromatic heterocycles. The van der Waals surface area contributed by atoms with E-state index in [0.29, 0.717) is 26.1 Å². The number of hydrogen-bond donors (Lipinski definition) is 3. The van der Waals surface area contributed by atoms with Crippen molar-refractivity contribution in [3.05, 3.63) is 23.8 Å². The number of nitrogens with two attached hydrogens (primary N) is 1. The molecule has 0 saturated carbocycles. The topological polar surface area (TPSA) is 76.4 Å². The lowest BCUT2D eigenvalue weighted by Crippen LogP contribution is -2.28. The molecule has 1 amide bonds. The van der Waals surface area contributed by atoms with Crippen LogP contribution in [0.25, 0.3) is 0 Å². The van der Waals surface area contributed by atoms with Gasteiger partial charge in [0.05, 0.1) is 18.0 Å². The Balaban J connectivity index is 2.29. The highest BCUT2D eigenvalue weighted by Gasteiger charge is 2.03. The molecule has 0 spiro atoms. The molecule has 0 bridgehead atoms.